The fraction of sp³-hybridized carbons (Fsp3) is 0.938. The van der Waals surface area contributed by atoms with Crippen molar-refractivity contribution in [3.63, 3.8) is 0 Å². The zero-order valence-corrected chi connectivity index (χ0v) is 14.0. The summed E-state index contributed by atoms with van der Waals surface area (Å²) in [6.07, 6.45) is 8.84. The van der Waals surface area contributed by atoms with E-state index in [-0.39, 0.29) is 12.4 Å². The Morgan fingerprint density at radius 3 is 2.71 bits per heavy atom. The van der Waals surface area contributed by atoms with E-state index >= 15 is 0 Å². The molecule has 2 heterocycles. The molecule has 1 saturated carbocycles. The molecule has 2 atom stereocenters. The van der Waals surface area contributed by atoms with Gasteiger partial charge in [-0.15, -0.1) is 12.4 Å². The summed E-state index contributed by atoms with van der Waals surface area (Å²) in [4.78, 5) is 16.9. The van der Waals surface area contributed by atoms with Gasteiger partial charge in [0.2, 0.25) is 5.91 Å². The molecule has 3 aliphatic rings. The molecule has 0 aromatic rings. The van der Waals surface area contributed by atoms with E-state index in [1.165, 1.54) is 51.5 Å². The summed E-state index contributed by atoms with van der Waals surface area (Å²) >= 11 is 0. The first-order valence-electron chi connectivity index (χ1n) is 8.45. The lowest BCUT2D eigenvalue weighted by Crippen LogP contribution is -2.49. The lowest BCUT2D eigenvalue weighted by atomic mass is 9.93. The first kappa shape index (κ1) is 17.0. The quantitative estimate of drug-likeness (QED) is 0.864. The van der Waals surface area contributed by atoms with Gasteiger partial charge in [0.05, 0.1) is 6.54 Å². The zero-order valence-electron chi connectivity index (χ0n) is 13.2. The Labute approximate surface area is 135 Å². The highest BCUT2D eigenvalue weighted by atomic mass is 35.5. The van der Waals surface area contributed by atoms with Crippen LogP contribution in [0.25, 0.3) is 0 Å². The Morgan fingerprint density at radius 2 is 1.95 bits per heavy atom. The minimum atomic E-state index is 0. The van der Waals surface area contributed by atoms with Crippen LogP contribution in [0.3, 0.4) is 0 Å². The van der Waals surface area contributed by atoms with Gasteiger partial charge < -0.3 is 10.2 Å². The Hall–Kier alpha value is -0.320. The average Bonchev–Trinajstić information content (AvgIpc) is 2.95. The van der Waals surface area contributed by atoms with Crippen LogP contribution in [0, 0.1) is 5.92 Å². The van der Waals surface area contributed by atoms with Gasteiger partial charge in [0.15, 0.2) is 0 Å². The van der Waals surface area contributed by atoms with Gasteiger partial charge in [-0.05, 0) is 38.1 Å². The van der Waals surface area contributed by atoms with Crippen molar-refractivity contribution < 1.29 is 4.79 Å². The first-order chi connectivity index (χ1) is 9.74. The number of piperidine rings is 1. The van der Waals surface area contributed by atoms with E-state index in [2.05, 4.69) is 10.2 Å². The predicted molar refractivity (Wildman–Crippen MR) is 87.8 cm³/mol. The predicted octanol–water partition coefficient (Wildman–Crippen LogP) is 1.88. The highest BCUT2D eigenvalue weighted by Gasteiger charge is 2.33. The molecule has 0 aromatic heterocycles. The van der Waals surface area contributed by atoms with Crippen LogP contribution in [-0.4, -0.2) is 61.0 Å². The molecule has 0 aromatic carbocycles. The van der Waals surface area contributed by atoms with Crippen LogP contribution in [0.5, 0.6) is 0 Å². The molecule has 2 unspecified atom stereocenters. The van der Waals surface area contributed by atoms with E-state index in [4.69, 9.17) is 0 Å². The zero-order chi connectivity index (χ0) is 13.9. The molecule has 0 spiro atoms. The normalized spacial score (nSPS) is 30.5. The van der Waals surface area contributed by atoms with Crippen molar-refractivity contribution in [2.45, 2.75) is 57.0 Å². The van der Waals surface area contributed by atoms with E-state index in [0.29, 0.717) is 18.5 Å². The second-order valence-electron chi connectivity index (χ2n) is 6.93. The summed E-state index contributed by atoms with van der Waals surface area (Å²) < 4.78 is 0. The van der Waals surface area contributed by atoms with Gasteiger partial charge in [-0.2, -0.15) is 0 Å². The number of rotatable bonds is 3. The summed E-state index contributed by atoms with van der Waals surface area (Å²) in [6, 6.07) is 1.22. The van der Waals surface area contributed by atoms with E-state index in [1.54, 1.807) is 0 Å². The van der Waals surface area contributed by atoms with Crippen LogP contribution in [0.15, 0.2) is 0 Å². The molecule has 5 heteroatoms. The third-order valence-electron chi connectivity index (χ3n) is 5.61. The lowest BCUT2D eigenvalue weighted by Gasteiger charge is -2.37. The molecule has 4 nitrogen and oxygen atoms in total. The molecule has 1 amide bonds. The minimum Gasteiger partial charge on any atom is -0.342 e. The number of carbonyl (C=O) groups excluding carboxylic acids is 1. The van der Waals surface area contributed by atoms with Crippen molar-refractivity contribution in [1.29, 1.82) is 0 Å². The van der Waals surface area contributed by atoms with Crippen molar-refractivity contribution >= 4 is 18.3 Å². The van der Waals surface area contributed by atoms with E-state index in [0.717, 1.165) is 25.0 Å². The number of likely N-dealkylation sites (N-methyl/N-ethyl adjacent to an activating group) is 1. The van der Waals surface area contributed by atoms with Crippen molar-refractivity contribution in [1.82, 2.24) is 15.1 Å². The summed E-state index contributed by atoms with van der Waals surface area (Å²) in [5.41, 5.74) is 0. The summed E-state index contributed by atoms with van der Waals surface area (Å²) in [6.45, 7) is 4.00. The molecule has 0 bridgehead atoms. The molecule has 2 aliphatic heterocycles. The number of likely N-dealkylation sites (tertiary alicyclic amines) is 1. The van der Waals surface area contributed by atoms with Gasteiger partial charge in [0, 0.05) is 32.2 Å². The third kappa shape index (κ3) is 4.11. The van der Waals surface area contributed by atoms with E-state index in [9.17, 15) is 4.79 Å². The molecular formula is C16H30ClN3O. The smallest absolute Gasteiger partial charge is 0.236 e. The number of halogens is 1. The molecule has 1 N–H and O–H groups in total. The monoisotopic (exact) mass is 315 g/mol. The number of carbonyl (C=O) groups is 1. The van der Waals surface area contributed by atoms with E-state index in [1.807, 2.05) is 11.9 Å². The maximum atomic E-state index is 12.5. The topological polar surface area (TPSA) is 35.6 Å². The molecule has 1 aliphatic carbocycles. The SMILES string of the molecule is CN(C(=O)CN1CCC2NCCC2C1)C1CCCCC1.Cl. The van der Waals surface area contributed by atoms with Crippen molar-refractivity contribution in [3.05, 3.63) is 0 Å². The average molecular weight is 316 g/mol. The van der Waals surface area contributed by atoms with Gasteiger partial charge in [-0.1, -0.05) is 19.3 Å². The van der Waals surface area contributed by atoms with Gasteiger partial charge in [-0.25, -0.2) is 0 Å². The number of nitrogens with zero attached hydrogens (tertiary/aromatic N) is 2. The second-order valence-corrected chi connectivity index (χ2v) is 6.93. The van der Waals surface area contributed by atoms with Crippen molar-refractivity contribution in [3.8, 4) is 0 Å². The van der Waals surface area contributed by atoms with Crippen molar-refractivity contribution in [2.24, 2.45) is 5.92 Å². The summed E-state index contributed by atoms with van der Waals surface area (Å²) in [7, 11) is 2.02. The molecule has 3 rings (SSSR count). The number of amides is 1. The molecule has 122 valence electrons. The second kappa shape index (κ2) is 7.80. The Bertz CT molecular complexity index is 346. The minimum absolute atomic E-state index is 0. The molecule has 21 heavy (non-hydrogen) atoms. The van der Waals surface area contributed by atoms with E-state index < -0.39 is 0 Å². The summed E-state index contributed by atoms with van der Waals surface area (Å²) in [5, 5.41) is 3.58. The van der Waals surface area contributed by atoms with Crippen molar-refractivity contribution in [2.75, 3.05) is 33.2 Å². The molecule has 2 saturated heterocycles. The van der Waals surface area contributed by atoms with Crippen LogP contribution >= 0.6 is 12.4 Å². The molecule has 0 radical (unpaired) electrons. The first-order valence-corrected chi connectivity index (χ1v) is 8.45. The van der Waals surface area contributed by atoms with Crippen LogP contribution in [0.4, 0.5) is 0 Å². The van der Waals surface area contributed by atoms with Crippen LogP contribution in [-0.2, 0) is 4.79 Å². The number of fused-ring (bicyclic) bond motifs is 1. The Balaban J connectivity index is 0.00000161. The fourth-order valence-electron chi connectivity index (χ4n) is 4.24. The Morgan fingerprint density at radius 1 is 1.19 bits per heavy atom. The highest BCUT2D eigenvalue weighted by molar-refractivity contribution is 5.85. The van der Waals surface area contributed by atoms with Crippen LogP contribution in [0.1, 0.15) is 44.9 Å². The fourth-order valence-corrected chi connectivity index (χ4v) is 4.24. The lowest BCUT2D eigenvalue weighted by molar-refractivity contribution is -0.134. The number of hydrogen-bond acceptors (Lipinski definition) is 3. The number of hydrogen-bond donors (Lipinski definition) is 1. The van der Waals surface area contributed by atoms with Gasteiger partial charge in [0.1, 0.15) is 0 Å². The van der Waals surface area contributed by atoms with Gasteiger partial charge >= 0.3 is 0 Å². The molecule has 3 fully saturated rings. The standard InChI is InChI=1S/C16H29N3O.ClH/c1-18(14-5-3-2-4-6-14)16(20)12-19-10-8-15-13(11-19)7-9-17-15;/h13-15,17H,2-12H2,1H3;1H. The largest absolute Gasteiger partial charge is 0.342 e. The summed E-state index contributed by atoms with van der Waals surface area (Å²) in [5.74, 6) is 1.11. The maximum absolute atomic E-state index is 12.5. The van der Waals surface area contributed by atoms with Crippen LogP contribution in [0.2, 0.25) is 0 Å². The maximum Gasteiger partial charge on any atom is 0.236 e. The van der Waals surface area contributed by atoms with Gasteiger partial charge in [0.25, 0.3) is 0 Å². The third-order valence-corrected chi connectivity index (χ3v) is 5.61. The molecular weight excluding hydrogens is 286 g/mol. The number of nitrogens with one attached hydrogen (secondary N) is 1. The van der Waals surface area contributed by atoms with Gasteiger partial charge in [-0.3, -0.25) is 9.69 Å². The highest BCUT2D eigenvalue weighted by Crippen LogP contribution is 2.25. The Kier molecular flexibility index (Phi) is 6.33. The van der Waals surface area contributed by atoms with Crippen LogP contribution < -0.4 is 5.32 Å².